The van der Waals surface area contributed by atoms with Crippen molar-refractivity contribution in [3.63, 3.8) is 0 Å². The molecule has 0 saturated heterocycles. The molecule has 100 valence electrons. The van der Waals surface area contributed by atoms with Crippen molar-refractivity contribution in [1.82, 2.24) is 0 Å². The summed E-state index contributed by atoms with van der Waals surface area (Å²) >= 11 is 12.2. The zero-order valence-corrected chi connectivity index (χ0v) is 12.7. The van der Waals surface area contributed by atoms with Crippen LogP contribution in [0.25, 0.3) is 0 Å². The van der Waals surface area contributed by atoms with Crippen LogP contribution in [0.15, 0.2) is 12.1 Å². The molecule has 0 N–H and O–H groups in total. The van der Waals surface area contributed by atoms with Crippen LogP contribution >= 0.6 is 23.2 Å². The van der Waals surface area contributed by atoms with Gasteiger partial charge in [0.05, 0.1) is 16.7 Å². The monoisotopic (exact) mass is 288 g/mol. The largest absolute Gasteiger partial charge is 0.492 e. The minimum atomic E-state index is -0.0779. The van der Waals surface area contributed by atoms with E-state index in [0.29, 0.717) is 34.4 Å². The van der Waals surface area contributed by atoms with Crippen LogP contribution in [0.2, 0.25) is 10.0 Å². The topological polar surface area (TPSA) is 26.3 Å². The van der Waals surface area contributed by atoms with Crippen LogP contribution in [0.5, 0.6) is 5.75 Å². The molecule has 0 amide bonds. The summed E-state index contributed by atoms with van der Waals surface area (Å²) in [5.74, 6) is 0.508. The quantitative estimate of drug-likeness (QED) is 0.728. The SMILES string of the molecule is CCOc1cc(Cl)c(C(=O)CC(C)(C)C)cc1Cl. The summed E-state index contributed by atoms with van der Waals surface area (Å²) in [6, 6.07) is 3.19. The molecule has 0 heterocycles. The predicted octanol–water partition coefficient (Wildman–Crippen LogP) is 5.01. The summed E-state index contributed by atoms with van der Waals surface area (Å²) in [5.41, 5.74) is 0.380. The van der Waals surface area contributed by atoms with Gasteiger partial charge in [-0.2, -0.15) is 0 Å². The number of Topliss-reactive ketones (excluding diaryl/α,β-unsaturated/α-hetero) is 1. The third-order valence-corrected chi connectivity index (χ3v) is 2.92. The Labute approximate surface area is 118 Å². The number of rotatable bonds is 4. The van der Waals surface area contributed by atoms with E-state index in [-0.39, 0.29) is 11.2 Å². The Kier molecular flexibility index (Phi) is 5.06. The summed E-state index contributed by atoms with van der Waals surface area (Å²) < 4.78 is 5.33. The van der Waals surface area contributed by atoms with Gasteiger partial charge in [-0.1, -0.05) is 44.0 Å². The van der Waals surface area contributed by atoms with Gasteiger partial charge >= 0.3 is 0 Å². The summed E-state index contributed by atoms with van der Waals surface area (Å²) in [7, 11) is 0. The van der Waals surface area contributed by atoms with Crippen LogP contribution in [-0.2, 0) is 0 Å². The second-order valence-electron chi connectivity index (χ2n) is 5.36. The number of carbonyl (C=O) groups excluding carboxylic acids is 1. The molecule has 0 aliphatic rings. The Hall–Kier alpha value is -0.730. The van der Waals surface area contributed by atoms with E-state index in [2.05, 4.69) is 0 Å². The standard InChI is InChI=1S/C14H18Cl2O2/c1-5-18-13-7-10(15)9(6-11(13)16)12(17)8-14(2,3)4/h6-7H,5,8H2,1-4H3. The summed E-state index contributed by atoms with van der Waals surface area (Å²) in [6.45, 7) is 8.40. The Morgan fingerprint density at radius 2 is 1.83 bits per heavy atom. The van der Waals surface area contributed by atoms with Gasteiger partial charge in [0.25, 0.3) is 0 Å². The number of ketones is 1. The minimum Gasteiger partial charge on any atom is -0.492 e. The third kappa shape index (κ3) is 4.18. The van der Waals surface area contributed by atoms with Gasteiger partial charge in [0, 0.05) is 18.1 Å². The van der Waals surface area contributed by atoms with Crippen molar-refractivity contribution >= 4 is 29.0 Å². The molecule has 1 aromatic rings. The van der Waals surface area contributed by atoms with Gasteiger partial charge < -0.3 is 4.74 Å². The van der Waals surface area contributed by atoms with Crippen LogP contribution < -0.4 is 4.74 Å². The van der Waals surface area contributed by atoms with Crippen molar-refractivity contribution in [3.8, 4) is 5.75 Å². The highest BCUT2D eigenvalue weighted by Crippen LogP contribution is 2.33. The summed E-state index contributed by atoms with van der Waals surface area (Å²) in [5, 5.41) is 0.801. The van der Waals surface area contributed by atoms with E-state index in [4.69, 9.17) is 27.9 Å². The van der Waals surface area contributed by atoms with Gasteiger partial charge in [-0.05, 0) is 18.4 Å². The molecule has 18 heavy (non-hydrogen) atoms. The normalized spacial score (nSPS) is 11.4. The third-order valence-electron chi connectivity index (χ3n) is 2.31. The molecule has 0 aliphatic heterocycles. The average molecular weight is 289 g/mol. The zero-order valence-electron chi connectivity index (χ0n) is 11.1. The Morgan fingerprint density at radius 3 is 2.33 bits per heavy atom. The fraction of sp³-hybridized carbons (Fsp3) is 0.500. The van der Waals surface area contributed by atoms with Gasteiger partial charge in [0.2, 0.25) is 0 Å². The molecule has 0 aromatic heterocycles. The maximum atomic E-state index is 12.1. The van der Waals surface area contributed by atoms with E-state index in [0.717, 1.165) is 0 Å². The lowest BCUT2D eigenvalue weighted by Crippen LogP contribution is -2.13. The summed E-state index contributed by atoms with van der Waals surface area (Å²) in [4.78, 5) is 12.1. The molecule has 1 aromatic carbocycles. The molecule has 0 radical (unpaired) electrons. The second-order valence-corrected chi connectivity index (χ2v) is 6.17. The van der Waals surface area contributed by atoms with Gasteiger partial charge in [0.1, 0.15) is 5.75 Å². The van der Waals surface area contributed by atoms with E-state index in [9.17, 15) is 4.79 Å². The fourth-order valence-electron chi connectivity index (χ4n) is 1.59. The van der Waals surface area contributed by atoms with Crippen LogP contribution in [-0.4, -0.2) is 12.4 Å². The fourth-order valence-corrected chi connectivity index (χ4v) is 2.06. The molecule has 0 atom stereocenters. The molecule has 0 aliphatic carbocycles. The maximum Gasteiger partial charge on any atom is 0.164 e. The van der Waals surface area contributed by atoms with Crippen molar-refractivity contribution < 1.29 is 9.53 Å². The predicted molar refractivity (Wildman–Crippen MR) is 76.0 cm³/mol. The highest BCUT2D eigenvalue weighted by Gasteiger charge is 2.20. The molecule has 0 unspecified atom stereocenters. The smallest absolute Gasteiger partial charge is 0.164 e. The van der Waals surface area contributed by atoms with Crippen molar-refractivity contribution in [2.24, 2.45) is 5.41 Å². The molecule has 0 fully saturated rings. The highest BCUT2D eigenvalue weighted by atomic mass is 35.5. The van der Waals surface area contributed by atoms with Crippen LogP contribution in [0, 0.1) is 5.41 Å². The van der Waals surface area contributed by atoms with Gasteiger partial charge in [-0.3, -0.25) is 4.79 Å². The number of carbonyl (C=O) groups is 1. The average Bonchev–Trinajstić information content (AvgIpc) is 2.20. The van der Waals surface area contributed by atoms with E-state index in [1.54, 1.807) is 12.1 Å². The lowest BCUT2D eigenvalue weighted by Gasteiger charge is -2.17. The molecule has 2 nitrogen and oxygen atoms in total. The van der Waals surface area contributed by atoms with Gasteiger partial charge in [0.15, 0.2) is 5.78 Å². The van der Waals surface area contributed by atoms with Crippen LogP contribution in [0.4, 0.5) is 0 Å². The van der Waals surface area contributed by atoms with E-state index in [1.807, 2.05) is 27.7 Å². The first-order chi connectivity index (χ1) is 8.24. The Morgan fingerprint density at radius 1 is 1.22 bits per heavy atom. The van der Waals surface area contributed by atoms with Gasteiger partial charge in [-0.15, -0.1) is 0 Å². The minimum absolute atomic E-state index is 0.00236. The number of benzene rings is 1. The van der Waals surface area contributed by atoms with Crippen molar-refractivity contribution in [2.75, 3.05) is 6.61 Å². The van der Waals surface area contributed by atoms with Crippen LogP contribution in [0.1, 0.15) is 44.5 Å². The number of hydrogen-bond acceptors (Lipinski definition) is 2. The number of hydrogen-bond donors (Lipinski definition) is 0. The first-order valence-electron chi connectivity index (χ1n) is 5.89. The number of ether oxygens (including phenoxy) is 1. The molecule has 0 saturated carbocycles. The first kappa shape index (κ1) is 15.3. The van der Waals surface area contributed by atoms with Crippen molar-refractivity contribution in [1.29, 1.82) is 0 Å². The second kappa shape index (κ2) is 5.94. The highest BCUT2D eigenvalue weighted by molar-refractivity contribution is 6.36. The van der Waals surface area contributed by atoms with E-state index >= 15 is 0 Å². The molecule has 1 rings (SSSR count). The molecular weight excluding hydrogens is 271 g/mol. The molecular formula is C14H18Cl2O2. The zero-order chi connectivity index (χ0) is 13.9. The van der Waals surface area contributed by atoms with E-state index in [1.165, 1.54) is 0 Å². The first-order valence-corrected chi connectivity index (χ1v) is 6.65. The van der Waals surface area contributed by atoms with Gasteiger partial charge in [-0.25, -0.2) is 0 Å². The Balaban J connectivity index is 3.04. The van der Waals surface area contributed by atoms with Crippen molar-refractivity contribution in [2.45, 2.75) is 34.1 Å². The maximum absolute atomic E-state index is 12.1. The Bertz CT molecular complexity index is 448. The summed E-state index contributed by atoms with van der Waals surface area (Å²) in [6.07, 6.45) is 0.428. The lowest BCUT2D eigenvalue weighted by atomic mass is 9.88. The molecule has 0 spiro atoms. The lowest BCUT2D eigenvalue weighted by molar-refractivity contribution is 0.0940. The van der Waals surface area contributed by atoms with Crippen LogP contribution in [0.3, 0.4) is 0 Å². The molecule has 4 heteroatoms. The van der Waals surface area contributed by atoms with E-state index < -0.39 is 0 Å². The molecule has 0 bridgehead atoms. The number of halogens is 2. The van der Waals surface area contributed by atoms with Crippen molar-refractivity contribution in [3.05, 3.63) is 27.7 Å².